The van der Waals surface area contributed by atoms with Crippen LogP contribution in [0, 0.1) is 14.1 Å². The van der Waals surface area contributed by atoms with E-state index in [1.807, 2.05) is 42.2 Å². The highest BCUT2D eigenvalue weighted by molar-refractivity contribution is 14.1. The van der Waals surface area contributed by atoms with Crippen molar-refractivity contribution in [3.05, 3.63) is 77.4 Å². The molecule has 0 spiro atoms. The van der Waals surface area contributed by atoms with Crippen molar-refractivity contribution >= 4 is 62.5 Å². The van der Waals surface area contributed by atoms with Gasteiger partial charge < -0.3 is 24.8 Å². The Hall–Kier alpha value is -2.05. The number of hydrogen-bond acceptors (Lipinski definition) is 5. The number of rotatable bonds is 5. The van der Waals surface area contributed by atoms with Crippen LogP contribution >= 0.6 is 45.2 Å². The number of aliphatic hydroxyl groups excluding tert-OH is 1. The summed E-state index contributed by atoms with van der Waals surface area (Å²) in [5.41, 5.74) is 6.48. The highest BCUT2D eigenvalue weighted by Crippen LogP contribution is 2.40. The molecule has 0 radical (unpaired) electrons. The van der Waals surface area contributed by atoms with Gasteiger partial charge in [0.2, 0.25) is 0 Å². The highest BCUT2D eigenvalue weighted by atomic mass is 127. The second-order valence-electron chi connectivity index (χ2n) is 8.49. The van der Waals surface area contributed by atoms with Gasteiger partial charge in [0.25, 0.3) is 5.91 Å². The van der Waals surface area contributed by atoms with Crippen LogP contribution in [-0.4, -0.2) is 30.7 Å². The van der Waals surface area contributed by atoms with Crippen molar-refractivity contribution in [3.63, 3.8) is 0 Å². The Morgan fingerprint density at radius 2 is 1.91 bits per heavy atom. The summed E-state index contributed by atoms with van der Waals surface area (Å²) in [4.78, 5) is 15.5. The summed E-state index contributed by atoms with van der Waals surface area (Å²) in [5, 5.41) is 13.2. The Kier molecular flexibility index (Phi) is 6.64. The maximum Gasteiger partial charge on any atom is 0.260 e. The summed E-state index contributed by atoms with van der Waals surface area (Å²) in [6.45, 7) is 2.99. The van der Waals surface area contributed by atoms with Gasteiger partial charge in [-0.25, -0.2) is 0 Å². The molecule has 1 atom stereocenters. The number of carbonyl (C=O) groups excluding carboxylic acids is 1. The fraction of sp³-hybridized carbons (Fsp3) is 0.269. The molecule has 2 heterocycles. The van der Waals surface area contributed by atoms with Crippen molar-refractivity contribution < 1.29 is 19.4 Å². The van der Waals surface area contributed by atoms with Crippen LogP contribution in [0.15, 0.2) is 42.5 Å². The Bertz CT molecular complexity index is 1290. The number of fused-ring (bicyclic) bond motifs is 4. The number of carbonyl (C=O) groups is 1. The number of methoxy groups -OCH3 is 1. The second-order valence-corrected chi connectivity index (χ2v) is 10.6. The number of para-hydroxylation sites is 1. The lowest BCUT2D eigenvalue weighted by Gasteiger charge is -2.22. The topological polar surface area (TPSA) is 71.0 Å². The van der Waals surface area contributed by atoms with Crippen LogP contribution in [0.25, 0.3) is 0 Å². The summed E-state index contributed by atoms with van der Waals surface area (Å²) in [7, 11) is 1.58. The van der Waals surface area contributed by atoms with Crippen molar-refractivity contribution in [2.45, 2.75) is 32.6 Å². The largest absolute Gasteiger partial charge is 0.493 e. The minimum atomic E-state index is -0.0324. The number of ether oxygens (including phenoxy) is 2. The van der Waals surface area contributed by atoms with E-state index in [1.54, 1.807) is 13.2 Å². The van der Waals surface area contributed by atoms with Gasteiger partial charge in [-0.05, 0) is 93.4 Å². The molecule has 0 bridgehead atoms. The van der Waals surface area contributed by atoms with Gasteiger partial charge in [0.15, 0.2) is 11.5 Å². The molecule has 8 heteroatoms. The molecule has 3 aromatic carbocycles. The number of benzene rings is 3. The van der Waals surface area contributed by atoms with E-state index in [0.29, 0.717) is 30.2 Å². The zero-order valence-electron chi connectivity index (χ0n) is 18.8. The van der Waals surface area contributed by atoms with Gasteiger partial charge in [-0.3, -0.25) is 4.79 Å². The standard InChI is InChI=1S/C26H24I2N2O4/c1-14-16(12-31)7-17(25(28)24(14)27)13-34-23-10-20-19(9-22(23)33-2)26(32)30-18(11-29-20)8-15-5-3-4-6-21(15)30/h3-7,9-10,18,29,31H,8,11-13H2,1-2H3/t18-/m0/s1. The van der Waals surface area contributed by atoms with Gasteiger partial charge in [-0.1, -0.05) is 18.2 Å². The van der Waals surface area contributed by atoms with Crippen LogP contribution in [0.2, 0.25) is 0 Å². The molecular formula is C26H24I2N2O4. The van der Waals surface area contributed by atoms with Crippen molar-refractivity contribution in [1.29, 1.82) is 0 Å². The lowest BCUT2D eigenvalue weighted by atomic mass is 10.1. The fourth-order valence-corrected chi connectivity index (χ4v) is 6.07. The lowest BCUT2D eigenvalue weighted by Crippen LogP contribution is -2.39. The van der Waals surface area contributed by atoms with Gasteiger partial charge in [-0.15, -0.1) is 0 Å². The summed E-state index contributed by atoms with van der Waals surface area (Å²) in [6, 6.07) is 13.8. The van der Waals surface area contributed by atoms with E-state index in [-0.39, 0.29) is 18.6 Å². The summed E-state index contributed by atoms with van der Waals surface area (Å²) in [5.74, 6) is 1.05. The first-order valence-electron chi connectivity index (χ1n) is 11.0. The average molecular weight is 682 g/mol. The monoisotopic (exact) mass is 682 g/mol. The van der Waals surface area contributed by atoms with Gasteiger partial charge in [0.05, 0.1) is 31.0 Å². The third-order valence-electron chi connectivity index (χ3n) is 6.54. The Morgan fingerprint density at radius 3 is 2.68 bits per heavy atom. The minimum Gasteiger partial charge on any atom is -0.493 e. The van der Waals surface area contributed by atoms with E-state index in [2.05, 4.69) is 56.6 Å². The summed E-state index contributed by atoms with van der Waals surface area (Å²) >= 11 is 4.63. The Morgan fingerprint density at radius 1 is 1.12 bits per heavy atom. The van der Waals surface area contributed by atoms with Crippen LogP contribution < -0.4 is 19.7 Å². The van der Waals surface area contributed by atoms with Gasteiger partial charge >= 0.3 is 0 Å². The summed E-state index contributed by atoms with van der Waals surface area (Å²) in [6.07, 6.45) is 0.834. The quantitative estimate of drug-likeness (QED) is 0.359. The van der Waals surface area contributed by atoms with Crippen molar-refractivity contribution in [3.8, 4) is 11.5 Å². The van der Waals surface area contributed by atoms with Crippen LogP contribution in [-0.2, 0) is 19.6 Å². The third kappa shape index (κ3) is 4.03. The molecule has 3 aromatic rings. The van der Waals surface area contributed by atoms with Gasteiger partial charge in [0, 0.05) is 31.0 Å². The summed E-state index contributed by atoms with van der Waals surface area (Å²) < 4.78 is 14.0. The predicted molar refractivity (Wildman–Crippen MR) is 149 cm³/mol. The zero-order valence-corrected chi connectivity index (χ0v) is 23.1. The maximum atomic E-state index is 13.6. The molecule has 176 valence electrons. The Balaban J connectivity index is 1.47. The minimum absolute atomic E-state index is 0.0131. The number of halogens is 2. The fourth-order valence-electron chi connectivity index (χ4n) is 4.67. The zero-order chi connectivity index (χ0) is 24.0. The molecule has 2 N–H and O–H groups in total. The number of hydrogen-bond donors (Lipinski definition) is 2. The lowest BCUT2D eigenvalue weighted by molar-refractivity contribution is 0.0983. The molecule has 2 aliphatic heterocycles. The molecule has 0 fully saturated rings. The van der Waals surface area contributed by atoms with Crippen molar-refractivity contribution in [2.24, 2.45) is 0 Å². The molecule has 0 saturated carbocycles. The van der Waals surface area contributed by atoms with Crippen LogP contribution in [0.4, 0.5) is 11.4 Å². The number of anilines is 2. The molecule has 6 nitrogen and oxygen atoms in total. The first kappa shape index (κ1) is 23.7. The van der Waals surface area contributed by atoms with Crippen LogP contribution in [0.3, 0.4) is 0 Å². The highest BCUT2D eigenvalue weighted by Gasteiger charge is 2.37. The van der Waals surface area contributed by atoms with E-state index >= 15 is 0 Å². The van der Waals surface area contributed by atoms with Crippen molar-refractivity contribution in [2.75, 3.05) is 23.9 Å². The van der Waals surface area contributed by atoms with Crippen LogP contribution in [0.5, 0.6) is 11.5 Å². The van der Waals surface area contributed by atoms with Crippen LogP contribution in [0.1, 0.15) is 32.6 Å². The number of aliphatic hydroxyl groups is 1. The first-order chi connectivity index (χ1) is 16.4. The normalized spacial score (nSPS) is 16.3. The molecular weight excluding hydrogens is 658 g/mol. The van der Waals surface area contributed by atoms with E-state index in [0.717, 1.165) is 41.6 Å². The maximum absolute atomic E-state index is 13.6. The molecule has 0 aliphatic carbocycles. The average Bonchev–Trinajstić information content (AvgIpc) is 3.17. The van der Waals surface area contributed by atoms with Crippen molar-refractivity contribution in [1.82, 2.24) is 0 Å². The molecule has 34 heavy (non-hydrogen) atoms. The number of nitrogens with one attached hydrogen (secondary N) is 1. The Labute approximate surface area is 225 Å². The molecule has 5 rings (SSSR count). The van der Waals surface area contributed by atoms with E-state index in [4.69, 9.17) is 9.47 Å². The smallest absolute Gasteiger partial charge is 0.260 e. The van der Waals surface area contributed by atoms with Gasteiger partial charge in [-0.2, -0.15) is 0 Å². The SMILES string of the molecule is COc1cc2c(cc1OCc1cc(CO)c(C)c(I)c1I)NC[C@@H]1Cc3ccccc3N1C2=O. The molecule has 0 aromatic heterocycles. The first-order valence-corrected chi connectivity index (χ1v) is 13.2. The molecule has 1 amide bonds. The number of amides is 1. The van der Waals surface area contributed by atoms with E-state index in [9.17, 15) is 9.90 Å². The molecule has 2 aliphatic rings. The molecule has 0 unspecified atom stereocenters. The predicted octanol–water partition coefficient (Wildman–Crippen LogP) is 5.28. The third-order valence-corrected chi connectivity index (χ3v) is 10.2. The molecule has 0 saturated heterocycles. The van der Waals surface area contributed by atoms with E-state index < -0.39 is 0 Å². The van der Waals surface area contributed by atoms with Gasteiger partial charge in [0.1, 0.15) is 6.61 Å². The number of nitrogens with zero attached hydrogens (tertiary/aromatic N) is 1. The van der Waals surface area contributed by atoms with E-state index in [1.165, 1.54) is 5.56 Å². The second kappa shape index (κ2) is 9.54.